The second kappa shape index (κ2) is 12.0. The van der Waals surface area contributed by atoms with E-state index in [-0.39, 0.29) is 30.3 Å². The van der Waals surface area contributed by atoms with Crippen LogP contribution in [0.4, 0.5) is 0 Å². The highest BCUT2D eigenvalue weighted by molar-refractivity contribution is 7.16. The Morgan fingerprint density at radius 2 is 1.63 bits per heavy atom. The van der Waals surface area contributed by atoms with E-state index in [0.29, 0.717) is 37.9 Å². The number of carbonyl (C=O) groups is 3. The lowest BCUT2D eigenvalue weighted by atomic mass is 10.0. The number of aliphatic imine (C=N–C) groups is 1. The Bertz CT molecular complexity index is 1520. The number of hydrogen-bond acceptors (Lipinski definition) is 8. The van der Waals surface area contributed by atoms with Crippen LogP contribution in [-0.4, -0.2) is 41.9 Å². The highest BCUT2D eigenvalue weighted by Gasteiger charge is 2.17. The van der Waals surface area contributed by atoms with Crippen LogP contribution in [0.5, 0.6) is 11.5 Å². The van der Waals surface area contributed by atoms with Crippen LogP contribution < -0.4 is 10.5 Å². The van der Waals surface area contributed by atoms with Gasteiger partial charge in [-0.3, -0.25) is 19.4 Å². The number of rotatable bonds is 11. The van der Waals surface area contributed by atoms with E-state index in [1.165, 1.54) is 11.3 Å². The molecule has 2 aromatic carbocycles. The molecule has 0 aliphatic rings. The summed E-state index contributed by atoms with van der Waals surface area (Å²) in [6.07, 6.45) is 0.578. The smallest absolute Gasteiger partial charge is 0.248 e. The van der Waals surface area contributed by atoms with Gasteiger partial charge in [-0.05, 0) is 66.9 Å². The van der Waals surface area contributed by atoms with Crippen molar-refractivity contribution in [3.05, 3.63) is 92.5 Å². The van der Waals surface area contributed by atoms with Gasteiger partial charge in [0, 0.05) is 28.6 Å². The quantitative estimate of drug-likeness (QED) is 0.182. The normalized spacial score (nSPS) is 11.4. The number of thiophene rings is 2. The highest BCUT2D eigenvalue weighted by Crippen LogP contribution is 2.39. The minimum atomic E-state index is -0.527. The topological polar surface area (TPSA) is 119 Å². The maximum atomic E-state index is 12.8. The number of amides is 1. The van der Waals surface area contributed by atoms with Gasteiger partial charge in [0.25, 0.3) is 0 Å². The van der Waals surface area contributed by atoms with Crippen molar-refractivity contribution in [1.29, 1.82) is 0 Å². The van der Waals surface area contributed by atoms with Crippen molar-refractivity contribution >= 4 is 45.9 Å². The minimum absolute atomic E-state index is 0.0981. The Morgan fingerprint density at radius 3 is 2.32 bits per heavy atom. The number of Topliss-reactive ketones (excluding diaryl/α,β-unsaturated/α-hetero) is 2. The highest BCUT2D eigenvalue weighted by atomic mass is 32.1. The fourth-order valence-corrected chi connectivity index (χ4v) is 5.81. The Labute approximate surface area is 228 Å². The second-order valence-corrected chi connectivity index (χ2v) is 10.5. The van der Waals surface area contributed by atoms with Gasteiger partial charge in [0.05, 0.1) is 21.7 Å². The van der Waals surface area contributed by atoms with Crippen LogP contribution >= 0.6 is 22.7 Å². The van der Waals surface area contributed by atoms with Crippen molar-refractivity contribution in [3.63, 3.8) is 0 Å². The molecule has 4 aromatic rings. The molecular weight excluding hydrogens is 520 g/mol. The summed E-state index contributed by atoms with van der Waals surface area (Å²) in [5, 5.41) is 12.6. The molecule has 9 heteroatoms. The Morgan fingerprint density at radius 1 is 0.947 bits per heavy atom. The number of ether oxygens (including phenoxy) is 1. The van der Waals surface area contributed by atoms with E-state index in [1.807, 2.05) is 29.6 Å². The number of aryl methyl sites for hydroxylation is 1. The van der Waals surface area contributed by atoms with Crippen LogP contribution in [0.2, 0.25) is 0 Å². The van der Waals surface area contributed by atoms with Gasteiger partial charge in [-0.2, -0.15) is 0 Å². The van der Waals surface area contributed by atoms with Crippen molar-refractivity contribution in [2.45, 2.75) is 19.8 Å². The zero-order valence-corrected chi connectivity index (χ0v) is 22.5. The SMILES string of the molecule is COc1ccc(-c2scc(C(C)=NCC(=O)c3ccc(C(=O)CCc4ccccc4C(N)=O)s3)c2O)cc1. The average Bonchev–Trinajstić information content (AvgIpc) is 3.58. The predicted octanol–water partition coefficient (Wildman–Crippen LogP) is 5.80. The van der Waals surface area contributed by atoms with E-state index in [4.69, 9.17) is 10.5 Å². The van der Waals surface area contributed by atoms with Crippen LogP contribution in [-0.2, 0) is 6.42 Å². The van der Waals surface area contributed by atoms with E-state index in [9.17, 15) is 19.5 Å². The summed E-state index contributed by atoms with van der Waals surface area (Å²) >= 11 is 2.53. The first kappa shape index (κ1) is 27.0. The van der Waals surface area contributed by atoms with Gasteiger partial charge >= 0.3 is 0 Å². The minimum Gasteiger partial charge on any atom is -0.506 e. The molecule has 0 aliphatic carbocycles. The van der Waals surface area contributed by atoms with Gasteiger partial charge < -0.3 is 15.6 Å². The zero-order chi connectivity index (χ0) is 27.2. The number of benzene rings is 2. The standard InChI is InChI=1S/C29H26N2O5S2/c1-17(22-16-37-28(27(22)34)19-7-10-20(36-2)11-8-19)31-15-24(33)26-14-13-25(38-26)23(32)12-9-18-5-3-4-6-21(18)29(30)35/h3-8,10-11,13-14,16,34H,9,12,15H2,1-2H3,(H2,30,35). The van der Waals surface area contributed by atoms with E-state index in [2.05, 4.69) is 4.99 Å². The first-order chi connectivity index (χ1) is 18.3. The largest absolute Gasteiger partial charge is 0.506 e. The molecule has 0 unspecified atom stereocenters. The van der Waals surface area contributed by atoms with Crippen LogP contribution in [0.15, 0.2) is 71.0 Å². The van der Waals surface area contributed by atoms with Crippen LogP contribution in [0.3, 0.4) is 0 Å². The van der Waals surface area contributed by atoms with Crippen LogP contribution in [0, 0.1) is 0 Å². The monoisotopic (exact) mass is 546 g/mol. The predicted molar refractivity (Wildman–Crippen MR) is 151 cm³/mol. The Balaban J connectivity index is 1.39. The first-order valence-corrected chi connectivity index (χ1v) is 13.5. The molecule has 38 heavy (non-hydrogen) atoms. The molecule has 2 heterocycles. The molecule has 2 aromatic heterocycles. The summed E-state index contributed by atoms with van der Waals surface area (Å²) < 4.78 is 5.18. The lowest BCUT2D eigenvalue weighted by molar-refractivity contribution is 0.0977. The average molecular weight is 547 g/mol. The van der Waals surface area contributed by atoms with Crippen LogP contribution in [0.1, 0.15) is 54.2 Å². The number of aromatic hydroxyl groups is 1. The molecule has 4 rings (SSSR count). The van der Waals surface area contributed by atoms with Crippen molar-refractivity contribution in [2.75, 3.05) is 13.7 Å². The number of methoxy groups -OCH3 is 1. The first-order valence-electron chi connectivity index (χ1n) is 11.8. The third kappa shape index (κ3) is 6.07. The molecule has 0 saturated carbocycles. The molecule has 7 nitrogen and oxygen atoms in total. The van der Waals surface area contributed by atoms with Crippen molar-refractivity contribution in [1.82, 2.24) is 0 Å². The van der Waals surface area contributed by atoms with Gasteiger partial charge in [-0.1, -0.05) is 18.2 Å². The third-order valence-electron chi connectivity index (χ3n) is 6.03. The second-order valence-electron chi connectivity index (χ2n) is 8.49. The van der Waals surface area contributed by atoms with Gasteiger partial charge in [0.2, 0.25) is 5.91 Å². The zero-order valence-electron chi connectivity index (χ0n) is 20.9. The molecule has 0 radical (unpaired) electrons. The summed E-state index contributed by atoms with van der Waals surface area (Å²) in [5.74, 6) is 0.00405. The Hall–Kier alpha value is -4.08. The number of carbonyl (C=O) groups excluding carboxylic acids is 3. The molecule has 0 aliphatic heterocycles. The van der Waals surface area contributed by atoms with Gasteiger partial charge in [-0.25, -0.2) is 0 Å². The van der Waals surface area contributed by atoms with Gasteiger partial charge in [-0.15, -0.1) is 22.7 Å². The molecule has 0 spiro atoms. The maximum Gasteiger partial charge on any atom is 0.248 e. The van der Waals surface area contributed by atoms with E-state index >= 15 is 0 Å². The molecule has 3 N–H and O–H groups in total. The summed E-state index contributed by atoms with van der Waals surface area (Å²) in [6.45, 7) is 1.65. The lowest BCUT2D eigenvalue weighted by Gasteiger charge is -2.05. The fourth-order valence-electron chi connectivity index (χ4n) is 3.90. The molecule has 0 atom stereocenters. The number of ketones is 2. The summed E-state index contributed by atoms with van der Waals surface area (Å²) in [7, 11) is 1.60. The molecular formula is C29H26N2O5S2. The molecule has 194 valence electrons. The number of nitrogens with two attached hydrogens (primary N) is 1. The lowest BCUT2D eigenvalue weighted by Crippen LogP contribution is -2.14. The number of hydrogen-bond donors (Lipinski definition) is 2. The number of primary amides is 1. The van der Waals surface area contributed by atoms with Crippen LogP contribution in [0.25, 0.3) is 10.4 Å². The summed E-state index contributed by atoms with van der Waals surface area (Å²) in [4.78, 5) is 43.1. The van der Waals surface area contributed by atoms with E-state index in [0.717, 1.165) is 28.2 Å². The summed E-state index contributed by atoms with van der Waals surface area (Å²) in [5.41, 5.74) is 8.52. The molecule has 1 amide bonds. The molecule has 0 saturated heterocycles. The molecule has 0 bridgehead atoms. The fraction of sp³-hybridized carbons (Fsp3) is 0.172. The van der Waals surface area contributed by atoms with E-state index < -0.39 is 5.91 Å². The van der Waals surface area contributed by atoms with Crippen molar-refractivity contribution < 1.29 is 24.2 Å². The van der Waals surface area contributed by atoms with E-state index in [1.54, 1.807) is 50.4 Å². The Kier molecular flexibility index (Phi) is 8.50. The number of nitrogens with zero attached hydrogens (tertiary/aromatic N) is 1. The van der Waals surface area contributed by atoms with Crippen molar-refractivity contribution in [3.8, 4) is 21.9 Å². The van der Waals surface area contributed by atoms with Crippen molar-refractivity contribution in [2.24, 2.45) is 10.7 Å². The van der Waals surface area contributed by atoms with Gasteiger partial charge in [0.15, 0.2) is 11.6 Å². The van der Waals surface area contributed by atoms with Gasteiger partial charge in [0.1, 0.15) is 18.0 Å². The third-order valence-corrected chi connectivity index (χ3v) is 8.21. The maximum absolute atomic E-state index is 12.8. The molecule has 0 fully saturated rings. The summed E-state index contributed by atoms with van der Waals surface area (Å²) in [6, 6.07) is 17.6.